The molecule has 2 aliphatic heterocycles. The van der Waals surface area contributed by atoms with Crippen molar-refractivity contribution in [2.24, 2.45) is 32.9 Å². The highest BCUT2D eigenvalue weighted by Crippen LogP contribution is 2.31. The molecule has 10 N–H and O–H groups in total. The molecule has 14 nitrogen and oxygen atoms in total. The standard InChI is InChI=1S/2C10H13N3O2.H2O4S/c2*11-10(12)13-6-7-1-2-8-9(5-7)15-4-3-14-8;1-5(2,3)4/h2*1-2,5H,3-4,6H2,(H4,11,12,13);(H2,1,2,3,4). The smallest absolute Gasteiger partial charge is 0.394 e. The zero-order chi connectivity index (χ0) is 25.8. The van der Waals surface area contributed by atoms with Gasteiger partial charge in [0.2, 0.25) is 0 Å². The third-order valence-electron chi connectivity index (χ3n) is 4.10. The van der Waals surface area contributed by atoms with E-state index in [1.165, 1.54) is 0 Å². The van der Waals surface area contributed by atoms with E-state index in [0.29, 0.717) is 39.5 Å². The van der Waals surface area contributed by atoms with Crippen molar-refractivity contribution in [3.63, 3.8) is 0 Å². The number of rotatable bonds is 4. The Kier molecular flexibility index (Phi) is 10.2. The minimum absolute atomic E-state index is 0.0879. The SMILES string of the molecule is NC(N)=NCc1ccc2c(c1)OCCO2.NC(N)=NCc1ccc2c(c1)OCCO2.O=S(=O)(O)O. The van der Waals surface area contributed by atoms with Crippen molar-refractivity contribution in [3.8, 4) is 23.0 Å². The Balaban J connectivity index is 0.000000208. The van der Waals surface area contributed by atoms with E-state index in [-0.39, 0.29) is 11.9 Å². The van der Waals surface area contributed by atoms with Crippen LogP contribution in [0.3, 0.4) is 0 Å². The molecule has 0 aliphatic carbocycles. The Morgan fingerprint density at radius 3 is 1.31 bits per heavy atom. The largest absolute Gasteiger partial charge is 0.486 e. The number of nitrogens with two attached hydrogens (primary N) is 4. The van der Waals surface area contributed by atoms with Gasteiger partial charge >= 0.3 is 10.4 Å². The summed E-state index contributed by atoms with van der Waals surface area (Å²) in [5.41, 5.74) is 23.0. The molecular weight excluding hydrogens is 484 g/mol. The van der Waals surface area contributed by atoms with Gasteiger partial charge < -0.3 is 41.9 Å². The summed E-state index contributed by atoms with van der Waals surface area (Å²) < 4.78 is 53.2. The van der Waals surface area contributed by atoms with Gasteiger partial charge in [-0.05, 0) is 35.4 Å². The summed E-state index contributed by atoms with van der Waals surface area (Å²) in [6.07, 6.45) is 0. The predicted molar refractivity (Wildman–Crippen MR) is 128 cm³/mol. The Morgan fingerprint density at radius 1 is 0.686 bits per heavy atom. The summed E-state index contributed by atoms with van der Waals surface area (Å²) in [5.74, 6) is 3.23. The summed E-state index contributed by atoms with van der Waals surface area (Å²) in [6, 6.07) is 11.3. The molecule has 4 rings (SSSR count). The summed E-state index contributed by atoms with van der Waals surface area (Å²) in [4.78, 5) is 7.84. The maximum atomic E-state index is 8.74. The molecule has 192 valence electrons. The van der Waals surface area contributed by atoms with Crippen molar-refractivity contribution in [1.82, 2.24) is 0 Å². The predicted octanol–water partition coefficient (Wildman–Crippen LogP) is -0.190. The summed E-state index contributed by atoms with van der Waals surface area (Å²) >= 11 is 0. The lowest BCUT2D eigenvalue weighted by molar-refractivity contribution is 0.171. The Morgan fingerprint density at radius 2 is 1.00 bits per heavy atom. The number of guanidine groups is 2. The first-order valence-electron chi connectivity index (χ1n) is 10.1. The third kappa shape index (κ3) is 11.1. The van der Waals surface area contributed by atoms with Gasteiger partial charge in [-0.2, -0.15) is 8.42 Å². The number of hydrogen-bond acceptors (Lipinski definition) is 8. The molecule has 15 heteroatoms. The van der Waals surface area contributed by atoms with Crippen molar-refractivity contribution in [3.05, 3.63) is 47.5 Å². The van der Waals surface area contributed by atoms with Crippen LogP contribution in [0.1, 0.15) is 11.1 Å². The fourth-order valence-corrected chi connectivity index (χ4v) is 2.74. The maximum Gasteiger partial charge on any atom is 0.394 e. The van der Waals surface area contributed by atoms with Crippen LogP contribution in [0.2, 0.25) is 0 Å². The Labute approximate surface area is 202 Å². The minimum atomic E-state index is -4.67. The number of nitrogens with zero attached hydrogens (tertiary/aromatic N) is 2. The van der Waals surface area contributed by atoms with Crippen molar-refractivity contribution in [2.75, 3.05) is 26.4 Å². The van der Waals surface area contributed by atoms with Crippen LogP contribution in [-0.4, -0.2) is 55.9 Å². The van der Waals surface area contributed by atoms with E-state index >= 15 is 0 Å². The monoisotopic (exact) mass is 512 g/mol. The average molecular weight is 513 g/mol. The van der Waals surface area contributed by atoms with E-state index in [1.807, 2.05) is 36.4 Å². The fraction of sp³-hybridized carbons (Fsp3) is 0.300. The highest BCUT2D eigenvalue weighted by molar-refractivity contribution is 7.79. The molecule has 2 aromatic carbocycles. The lowest BCUT2D eigenvalue weighted by Crippen LogP contribution is -2.22. The summed E-state index contributed by atoms with van der Waals surface area (Å²) in [6.45, 7) is 3.27. The second-order valence-corrected chi connectivity index (χ2v) is 7.78. The van der Waals surface area contributed by atoms with Gasteiger partial charge in [-0.25, -0.2) is 9.98 Å². The third-order valence-corrected chi connectivity index (χ3v) is 4.10. The van der Waals surface area contributed by atoms with Crippen molar-refractivity contribution in [1.29, 1.82) is 0 Å². The van der Waals surface area contributed by atoms with E-state index in [9.17, 15) is 0 Å². The van der Waals surface area contributed by atoms with Gasteiger partial charge in [-0.1, -0.05) is 12.1 Å². The number of aliphatic imine (C=N–C) groups is 2. The van der Waals surface area contributed by atoms with Gasteiger partial charge in [0.15, 0.2) is 34.9 Å². The molecule has 2 aliphatic rings. The summed E-state index contributed by atoms with van der Waals surface area (Å²) in [7, 11) is -4.67. The van der Waals surface area contributed by atoms with Gasteiger partial charge in [0.25, 0.3) is 0 Å². The van der Waals surface area contributed by atoms with Gasteiger partial charge in [-0.15, -0.1) is 0 Å². The summed E-state index contributed by atoms with van der Waals surface area (Å²) in [5, 5.41) is 0. The molecule has 0 radical (unpaired) electrons. The fourth-order valence-electron chi connectivity index (χ4n) is 2.74. The van der Waals surface area contributed by atoms with Crippen LogP contribution in [0.4, 0.5) is 0 Å². The molecule has 0 amide bonds. The number of fused-ring (bicyclic) bond motifs is 2. The van der Waals surface area contributed by atoms with E-state index in [4.69, 9.17) is 59.4 Å². The second-order valence-electron chi connectivity index (χ2n) is 6.89. The van der Waals surface area contributed by atoms with Crippen LogP contribution >= 0.6 is 0 Å². The molecule has 0 spiro atoms. The molecule has 0 unspecified atom stereocenters. The zero-order valence-corrected chi connectivity index (χ0v) is 19.5. The highest BCUT2D eigenvalue weighted by atomic mass is 32.3. The molecule has 0 fully saturated rings. The molecule has 0 atom stereocenters. The van der Waals surface area contributed by atoms with E-state index in [1.54, 1.807) is 0 Å². The molecule has 2 aromatic rings. The molecule has 0 saturated carbocycles. The molecule has 0 bridgehead atoms. The lowest BCUT2D eigenvalue weighted by Gasteiger charge is -2.18. The van der Waals surface area contributed by atoms with Crippen molar-refractivity contribution < 1.29 is 36.5 Å². The average Bonchev–Trinajstić information content (AvgIpc) is 2.80. The second kappa shape index (κ2) is 13.1. The molecule has 0 aromatic heterocycles. The van der Waals surface area contributed by atoms with E-state index in [2.05, 4.69) is 9.98 Å². The zero-order valence-electron chi connectivity index (χ0n) is 18.7. The van der Waals surface area contributed by atoms with Crippen molar-refractivity contribution >= 4 is 22.3 Å². The van der Waals surface area contributed by atoms with Crippen LogP contribution in [0.15, 0.2) is 46.4 Å². The van der Waals surface area contributed by atoms with Crippen LogP contribution in [0.5, 0.6) is 23.0 Å². The quantitative estimate of drug-likeness (QED) is 0.177. The van der Waals surface area contributed by atoms with Gasteiger partial charge in [0, 0.05) is 0 Å². The molecular formula is C20H28N6O8S. The first-order chi connectivity index (χ1) is 16.5. The first kappa shape index (κ1) is 27.3. The molecule has 35 heavy (non-hydrogen) atoms. The topological polar surface area (TPSA) is 240 Å². The van der Waals surface area contributed by atoms with Crippen LogP contribution in [0.25, 0.3) is 0 Å². The van der Waals surface area contributed by atoms with Crippen LogP contribution in [-0.2, 0) is 23.5 Å². The minimum Gasteiger partial charge on any atom is -0.486 e. The van der Waals surface area contributed by atoms with Crippen molar-refractivity contribution in [2.45, 2.75) is 13.1 Å². The van der Waals surface area contributed by atoms with E-state index in [0.717, 1.165) is 34.1 Å². The van der Waals surface area contributed by atoms with Gasteiger partial charge in [0.1, 0.15) is 26.4 Å². The number of hydrogen-bond donors (Lipinski definition) is 6. The molecule has 0 saturated heterocycles. The Hall–Kier alpha value is -3.95. The van der Waals surface area contributed by atoms with Crippen LogP contribution in [0, 0.1) is 0 Å². The normalized spacial score (nSPS) is 13.1. The van der Waals surface area contributed by atoms with E-state index < -0.39 is 10.4 Å². The van der Waals surface area contributed by atoms with Crippen LogP contribution < -0.4 is 41.9 Å². The highest BCUT2D eigenvalue weighted by Gasteiger charge is 2.12. The Bertz CT molecular complexity index is 1060. The van der Waals surface area contributed by atoms with Gasteiger partial charge in [0.05, 0.1) is 13.1 Å². The number of benzene rings is 2. The molecule has 2 heterocycles. The number of ether oxygens (including phenoxy) is 4. The van der Waals surface area contributed by atoms with Gasteiger partial charge in [-0.3, -0.25) is 9.11 Å². The maximum absolute atomic E-state index is 8.74. The first-order valence-corrected chi connectivity index (χ1v) is 11.5. The lowest BCUT2D eigenvalue weighted by atomic mass is 10.2.